The van der Waals surface area contributed by atoms with Crippen LogP contribution in [0.15, 0.2) is 40.2 Å². The number of benzene rings is 1. The van der Waals surface area contributed by atoms with Gasteiger partial charge in [-0.1, -0.05) is 12.1 Å². The fourth-order valence-electron chi connectivity index (χ4n) is 1.45. The van der Waals surface area contributed by atoms with E-state index in [9.17, 15) is 9.50 Å². The van der Waals surface area contributed by atoms with Crippen LogP contribution in [-0.2, 0) is 6.42 Å². The van der Waals surface area contributed by atoms with Crippen molar-refractivity contribution < 1.29 is 9.50 Å². The van der Waals surface area contributed by atoms with Crippen molar-refractivity contribution in [2.75, 3.05) is 0 Å². The van der Waals surface area contributed by atoms with Crippen LogP contribution in [0.1, 0.15) is 16.5 Å². The lowest BCUT2D eigenvalue weighted by Crippen LogP contribution is -2.00. The first-order chi connectivity index (χ1) is 7.65. The van der Waals surface area contributed by atoms with Gasteiger partial charge >= 0.3 is 0 Å². The number of aliphatic hydroxyl groups excluding tert-OH is 1. The molecule has 4 heteroatoms. The molecular weight excluding hydrogens is 291 g/mol. The van der Waals surface area contributed by atoms with Gasteiger partial charge < -0.3 is 5.11 Å². The van der Waals surface area contributed by atoms with Gasteiger partial charge in [-0.15, -0.1) is 11.3 Å². The normalized spacial score (nSPS) is 12.7. The standard InChI is InChI=1S/C12H10BrFOS/c13-9-5-11(16-7-9)6-12(15)8-1-3-10(14)4-2-8/h1-5,7,12,15H,6H2. The van der Waals surface area contributed by atoms with Crippen LogP contribution in [0, 0.1) is 5.82 Å². The van der Waals surface area contributed by atoms with Crippen molar-refractivity contribution in [2.24, 2.45) is 0 Å². The third kappa shape index (κ3) is 2.90. The molecule has 0 bridgehead atoms. The third-order valence-corrected chi connectivity index (χ3v) is 3.99. The highest BCUT2D eigenvalue weighted by Gasteiger charge is 2.09. The minimum absolute atomic E-state index is 0.283. The highest BCUT2D eigenvalue weighted by atomic mass is 79.9. The van der Waals surface area contributed by atoms with Gasteiger partial charge in [0.15, 0.2) is 0 Å². The Morgan fingerprint density at radius 2 is 2.00 bits per heavy atom. The average Bonchev–Trinajstić information content (AvgIpc) is 2.65. The molecule has 1 N–H and O–H groups in total. The van der Waals surface area contributed by atoms with Crippen molar-refractivity contribution in [2.45, 2.75) is 12.5 Å². The summed E-state index contributed by atoms with van der Waals surface area (Å²) in [7, 11) is 0. The second kappa shape index (κ2) is 5.08. The Kier molecular flexibility index (Phi) is 3.74. The summed E-state index contributed by atoms with van der Waals surface area (Å²) in [5.41, 5.74) is 0.742. The molecule has 0 saturated carbocycles. The number of rotatable bonds is 3. The predicted octanol–water partition coefficient (Wildman–Crippen LogP) is 3.93. The molecule has 0 saturated heterocycles. The summed E-state index contributed by atoms with van der Waals surface area (Å²) < 4.78 is 13.7. The molecule has 2 rings (SSSR count). The van der Waals surface area contributed by atoms with Gasteiger partial charge in [-0.3, -0.25) is 0 Å². The van der Waals surface area contributed by atoms with Crippen molar-refractivity contribution >= 4 is 27.3 Å². The van der Waals surface area contributed by atoms with E-state index < -0.39 is 6.10 Å². The van der Waals surface area contributed by atoms with Gasteiger partial charge in [-0.2, -0.15) is 0 Å². The minimum atomic E-state index is -0.578. The van der Waals surface area contributed by atoms with E-state index in [4.69, 9.17) is 0 Å². The van der Waals surface area contributed by atoms with E-state index >= 15 is 0 Å². The summed E-state index contributed by atoms with van der Waals surface area (Å²) in [5.74, 6) is -0.283. The zero-order valence-corrected chi connectivity index (χ0v) is 10.8. The first kappa shape index (κ1) is 11.8. The Bertz CT molecular complexity index is 466. The van der Waals surface area contributed by atoms with Gasteiger partial charge in [0.1, 0.15) is 5.82 Å². The van der Waals surface area contributed by atoms with Crippen LogP contribution in [0.25, 0.3) is 0 Å². The van der Waals surface area contributed by atoms with E-state index in [0.717, 1.165) is 14.9 Å². The van der Waals surface area contributed by atoms with E-state index in [1.807, 2.05) is 11.4 Å². The molecule has 1 heterocycles. The molecular formula is C12H10BrFOS. The van der Waals surface area contributed by atoms with Crippen molar-refractivity contribution in [3.63, 3.8) is 0 Å². The van der Waals surface area contributed by atoms with Crippen LogP contribution < -0.4 is 0 Å². The molecule has 16 heavy (non-hydrogen) atoms. The highest BCUT2D eigenvalue weighted by Crippen LogP contribution is 2.25. The number of halogens is 2. The molecule has 1 atom stereocenters. The first-order valence-electron chi connectivity index (χ1n) is 4.81. The lowest BCUT2D eigenvalue weighted by Gasteiger charge is -2.09. The van der Waals surface area contributed by atoms with Crippen LogP contribution in [0.4, 0.5) is 4.39 Å². The van der Waals surface area contributed by atoms with Gasteiger partial charge in [0, 0.05) is 21.2 Å². The lowest BCUT2D eigenvalue weighted by atomic mass is 10.1. The van der Waals surface area contributed by atoms with E-state index in [0.29, 0.717) is 6.42 Å². The quantitative estimate of drug-likeness (QED) is 0.911. The molecule has 1 nitrogen and oxygen atoms in total. The van der Waals surface area contributed by atoms with Crippen molar-refractivity contribution in [3.05, 3.63) is 56.4 Å². The summed E-state index contributed by atoms with van der Waals surface area (Å²) in [6, 6.07) is 7.94. The molecule has 1 aromatic heterocycles. The zero-order valence-electron chi connectivity index (χ0n) is 8.36. The second-order valence-corrected chi connectivity index (χ2v) is 5.41. The monoisotopic (exact) mass is 300 g/mol. The molecule has 0 fully saturated rings. The Labute approximate surface area is 106 Å². The van der Waals surface area contributed by atoms with E-state index in [2.05, 4.69) is 15.9 Å². The van der Waals surface area contributed by atoms with Gasteiger partial charge in [-0.05, 0) is 39.7 Å². The Hall–Kier alpha value is -0.710. The number of hydrogen-bond donors (Lipinski definition) is 1. The van der Waals surface area contributed by atoms with Crippen LogP contribution in [0.3, 0.4) is 0 Å². The van der Waals surface area contributed by atoms with E-state index in [-0.39, 0.29) is 5.82 Å². The topological polar surface area (TPSA) is 20.2 Å². The van der Waals surface area contributed by atoms with E-state index in [1.54, 1.807) is 23.5 Å². The van der Waals surface area contributed by atoms with E-state index in [1.165, 1.54) is 12.1 Å². The molecule has 0 aliphatic heterocycles. The summed E-state index contributed by atoms with van der Waals surface area (Å²) in [6.07, 6.45) is -0.0202. The third-order valence-electron chi connectivity index (χ3n) is 2.27. The maximum atomic E-state index is 12.7. The fourth-order valence-corrected chi connectivity index (χ4v) is 2.94. The minimum Gasteiger partial charge on any atom is -0.388 e. The summed E-state index contributed by atoms with van der Waals surface area (Å²) >= 11 is 4.96. The second-order valence-electron chi connectivity index (χ2n) is 3.50. The number of thiophene rings is 1. The smallest absolute Gasteiger partial charge is 0.123 e. The van der Waals surface area contributed by atoms with Crippen LogP contribution in [-0.4, -0.2) is 5.11 Å². The Morgan fingerprint density at radius 1 is 1.31 bits per heavy atom. The number of aliphatic hydroxyl groups is 1. The molecule has 0 radical (unpaired) electrons. The molecule has 0 aliphatic rings. The molecule has 2 aromatic rings. The summed E-state index contributed by atoms with van der Waals surface area (Å²) in [6.45, 7) is 0. The maximum absolute atomic E-state index is 12.7. The average molecular weight is 301 g/mol. The van der Waals surface area contributed by atoms with Crippen molar-refractivity contribution in [1.29, 1.82) is 0 Å². The van der Waals surface area contributed by atoms with Gasteiger partial charge in [0.05, 0.1) is 6.10 Å². The summed E-state index contributed by atoms with van der Waals surface area (Å²) in [5, 5.41) is 11.9. The fraction of sp³-hybridized carbons (Fsp3) is 0.167. The summed E-state index contributed by atoms with van der Waals surface area (Å²) in [4.78, 5) is 1.10. The van der Waals surface area contributed by atoms with Crippen LogP contribution in [0.2, 0.25) is 0 Å². The van der Waals surface area contributed by atoms with Gasteiger partial charge in [-0.25, -0.2) is 4.39 Å². The molecule has 1 unspecified atom stereocenters. The Balaban J connectivity index is 2.08. The number of hydrogen-bond acceptors (Lipinski definition) is 2. The maximum Gasteiger partial charge on any atom is 0.123 e. The molecule has 1 aromatic carbocycles. The van der Waals surface area contributed by atoms with Crippen molar-refractivity contribution in [3.8, 4) is 0 Å². The van der Waals surface area contributed by atoms with Crippen LogP contribution >= 0.6 is 27.3 Å². The van der Waals surface area contributed by atoms with Gasteiger partial charge in [0.25, 0.3) is 0 Å². The highest BCUT2D eigenvalue weighted by molar-refractivity contribution is 9.10. The molecule has 0 spiro atoms. The lowest BCUT2D eigenvalue weighted by molar-refractivity contribution is 0.179. The molecule has 0 aliphatic carbocycles. The first-order valence-corrected chi connectivity index (χ1v) is 6.49. The van der Waals surface area contributed by atoms with Gasteiger partial charge in [0.2, 0.25) is 0 Å². The van der Waals surface area contributed by atoms with Crippen molar-refractivity contribution in [1.82, 2.24) is 0 Å². The molecule has 0 amide bonds. The zero-order chi connectivity index (χ0) is 11.5. The predicted molar refractivity (Wildman–Crippen MR) is 67.1 cm³/mol. The van der Waals surface area contributed by atoms with Crippen LogP contribution in [0.5, 0.6) is 0 Å². The largest absolute Gasteiger partial charge is 0.388 e. The SMILES string of the molecule is OC(Cc1cc(Br)cs1)c1ccc(F)cc1. The molecule has 84 valence electrons. The Morgan fingerprint density at radius 3 is 2.56 bits per heavy atom.